The van der Waals surface area contributed by atoms with Gasteiger partial charge in [-0.1, -0.05) is 0 Å². The molecule has 1 aromatic rings. The van der Waals surface area contributed by atoms with Crippen LogP contribution in [-0.4, -0.2) is 60.3 Å². The average molecular weight is 364 g/mol. The van der Waals surface area contributed by atoms with Crippen molar-refractivity contribution in [1.82, 2.24) is 15.2 Å². The molecule has 1 aliphatic rings. The first-order valence-corrected chi connectivity index (χ1v) is 8.66. The summed E-state index contributed by atoms with van der Waals surface area (Å²) in [6.45, 7) is 6.66. The Labute approximate surface area is 154 Å². The summed E-state index contributed by atoms with van der Waals surface area (Å²) in [6.07, 6.45) is 2.11. The van der Waals surface area contributed by atoms with Crippen LogP contribution in [-0.2, 0) is 9.53 Å². The summed E-state index contributed by atoms with van der Waals surface area (Å²) in [4.78, 5) is 30.6. The lowest BCUT2D eigenvalue weighted by Crippen LogP contribution is -2.47. The predicted octanol–water partition coefficient (Wildman–Crippen LogP) is 2.02. The maximum absolute atomic E-state index is 12.5. The number of alkyl carbamates (subject to hydrolysis) is 1. The van der Waals surface area contributed by atoms with Gasteiger partial charge in [0.25, 0.3) is 0 Å². The third-order valence-electron chi connectivity index (χ3n) is 3.71. The molecule has 8 heteroatoms. The average Bonchev–Trinajstić information content (AvgIpc) is 3.27. The highest BCUT2D eigenvalue weighted by molar-refractivity contribution is 6.02. The Morgan fingerprint density at radius 2 is 1.96 bits per heavy atom. The normalized spacial score (nSPS) is 15.3. The van der Waals surface area contributed by atoms with Crippen molar-refractivity contribution in [3.63, 3.8) is 0 Å². The number of nitrogens with zero attached hydrogens (tertiary/aromatic N) is 2. The van der Waals surface area contributed by atoms with Gasteiger partial charge in [-0.3, -0.25) is 4.79 Å². The van der Waals surface area contributed by atoms with Gasteiger partial charge in [0.15, 0.2) is 0 Å². The molecule has 8 nitrogen and oxygen atoms in total. The van der Waals surface area contributed by atoms with E-state index in [0.29, 0.717) is 31.0 Å². The lowest BCUT2D eigenvalue weighted by atomic mass is 10.2. The maximum Gasteiger partial charge on any atom is 0.408 e. The van der Waals surface area contributed by atoms with Crippen LogP contribution in [0.4, 0.5) is 10.5 Å². The van der Waals surface area contributed by atoms with Gasteiger partial charge in [-0.15, -0.1) is 0 Å². The van der Waals surface area contributed by atoms with E-state index in [2.05, 4.69) is 15.6 Å². The quantitative estimate of drug-likeness (QED) is 0.769. The number of carbonyl (C=O) groups is 2. The van der Waals surface area contributed by atoms with Gasteiger partial charge in [-0.25, -0.2) is 9.78 Å². The Morgan fingerprint density at radius 3 is 2.46 bits per heavy atom. The zero-order valence-corrected chi connectivity index (χ0v) is 16.1. The lowest BCUT2D eigenvalue weighted by Gasteiger charge is -2.23. The van der Waals surface area contributed by atoms with Crippen molar-refractivity contribution in [2.45, 2.75) is 44.8 Å². The fraction of sp³-hybridized carbons (Fsp3) is 0.611. The summed E-state index contributed by atoms with van der Waals surface area (Å²) >= 11 is 0. The molecule has 1 heterocycles. The Hall–Kier alpha value is -2.35. The first-order valence-electron chi connectivity index (χ1n) is 8.66. The third kappa shape index (κ3) is 6.18. The highest BCUT2D eigenvalue weighted by Crippen LogP contribution is 2.37. The second-order valence-corrected chi connectivity index (χ2v) is 7.70. The summed E-state index contributed by atoms with van der Waals surface area (Å²) in [6, 6.07) is 3.42. The van der Waals surface area contributed by atoms with Gasteiger partial charge in [0, 0.05) is 12.6 Å². The molecule has 1 aliphatic carbocycles. The molecule has 0 bridgehead atoms. The van der Waals surface area contributed by atoms with E-state index in [-0.39, 0.29) is 5.91 Å². The van der Waals surface area contributed by atoms with Gasteiger partial charge in [-0.05, 0) is 53.8 Å². The number of ether oxygens (including phenoxy) is 2. The van der Waals surface area contributed by atoms with Gasteiger partial charge >= 0.3 is 6.09 Å². The number of likely N-dealkylation sites (N-methyl/N-ethyl adjacent to an activating group) is 1. The van der Waals surface area contributed by atoms with Crippen molar-refractivity contribution in [3.8, 4) is 5.88 Å². The minimum atomic E-state index is -0.900. The highest BCUT2D eigenvalue weighted by atomic mass is 16.6. The number of amides is 2. The molecule has 0 radical (unpaired) electrons. The molecule has 2 rings (SSSR count). The van der Waals surface area contributed by atoms with Gasteiger partial charge in [0.1, 0.15) is 17.7 Å². The predicted molar refractivity (Wildman–Crippen MR) is 98.3 cm³/mol. The van der Waals surface area contributed by atoms with Gasteiger partial charge < -0.3 is 25.0 Å². The minimum Gasteiger partial charge on any atom is -0.476 e. The molecule has 1 fully saturated rings. The summed E-state index contributed by atoms with van der Waals surface area (Å²) in [5, 5.41) is 5.45. The van der Waals surface area contributed by atoms with E-state index in [9.17, 15) is 9.59 Å². The van der Waals surface area contributed by atoms with Crippen LogP contribution in [0.1, 0.15) is 33.6 Å². The smallest absolute Gasteiger partial charge is 0.408 e. The first kappa shape index (κ1) is 20.0. The highest BCUT2D eigenvalue weighted by Gasteiger charge is 2.52. The standard InChI is InChI=1S/C18H28N4O4/c1-17(2,3)26-16(24)21-18(8-9-18)15(23)20-13-6-7-14(19-12-13)25-11-10-22(4)5/h6-7,12H,8-11H2,1-5H3,(H,20,23)(H,21,24). The van der Waals surface area contributed by atoms with E-state index in [1.54, 1.807) is 32.9 Å². The van der Waals surface area contributed by atoms with Gasteiger partial charge in [0.05, 0.1) is 11.9 Å². The molecule has 0 saturated heterocycles. The van der Waals surface area contributed by atoms with Crippen molar-refractivity contribution >= 4 is 17.7 Å². The van der Waals surface area contributed by atoms with E-state index in [4.69, 9.17) is 9.47 Å². The molecule has 0 atom stereocenters. The van der Waals surface area contributed by atoms with Crippen LogP contribution in [0, 0.1) is 0 Å². The van der Waals surface area contributed by atoms with Crippen LogP contribution in [0.15, 0.2) is 18.3 Å². The Balaban J connectivity index is 1.86. The second kappa shape index (κ2) is 7.90. The van der Waals surface area contributed by atoms with E-state index >= 15 is 0 Å². The Bertz CT molecular complexity index is 634. The van der Waals surface area contributed by atoms with Crippen LogP contribution >= 0.6 is 0 Å². The summed E-state index contributed by atoms with van der Waals surface area (Å²) in [5.74, 6) is 0.226. The van der Waals surface area contributed by atoms with E-state index in [1.165, 1.54) is 6.20 Å². The topological polar surface area (TPSA) is 92.8 Å². The SMILES string of the molecule is CN(C)CCOc1ccc(NC(=O)C2(NC(=O)OC(C)(C)C)CC2)cn1. The molecule has 144 valence electrons. The number of hydrogen-bond donors (Lipinski definition) is 2. The number of aromatic nitrogens is 1. The first-order chi connectivity index (χ1) is 12.1. The molecule has 0 aliphatic heterocycles. The van der Waals surface area contributed by atoms with E-state index in [0.717, 1.165) is 6.54 Å². The molecule has 0 unspecified atom stereocenters. The Kier molecular flexibility index (Phi) is 6.07. The molecular formula is C18H28N4O4. The largest absolute Gasteiger partial charge is 0.476 e. The van der Waals surface area contributed by atoms with Gasteiger partial charge in [0.2, 0.25) is 11.8 Å². The molecule has 2 N–H and O–H groups in total. The van der Waals surface area contributed by atoms with E-state index in [1.807, 2.05) is 19.0 Å². The molecule has 2 amide bonds. The van der Waals surface area contributed by atoms with Crippen LogP contribution in [0.5, 0.6) is 5.88 Å². The monoisotopic (exact) mass is 364 g/mol. The van der Waals surface area contributed by atoms with Crippen molar-refractivity contribution < 1.29 is 19.1 Å². The van der Waals surface area contributed by atoms with Crippen LogP contribution in [0.3, 0.4) is 0 Å². The number of carbonyl (C=O) groups excluding carboxylic acids is 2. The van der Waals surface area contributed by atoms with Crippen molar-refractivity contribution in [2.75, 3.05) is 32.6 Å². The number of rotatable bonds is 7. The fourth-order valence-corrected chi connectivity index (χ4v) is 2.16. The summed E-state index contributed by atoms with van der Waals surface area (Å²) < 4.78 is 10.7. The molecule has 1 saturated carbocycles. The second-order valence-electron chi connectivity index (χ2n) is 7.70. The zero-order chi connectivity index (χ0) is 19.4. The minimum absolute atomic E-state index is 0.272. The van der Waals surface area contributed by atoms with Crippen LogP contribution in [0.25, 0.3) is 0 Å². The summed E-state index contributed by atoms with van der Waals surface area (Å²) in [7, 11) is 3.93. The molecule has 26 heavy (non-hydrogen) atoms. The number of anilines is 1. The van der Waals surface area contributed by atoms with Crippen LogP contribution in [0.2, 0.25) is 0 Å². The van der Waals surface area contributed by atoms with Crippen LogP contribution < -0.4 is 15.4 Å². The number of nitrogens with one attached hydrogen (secondary N) is 2. The fourth-order valence-electron chi connectivity index (χ4n) is 2.16. The molecule has 1 aromatic heterocycles. The van der Waals surface area contributed by atoms with E-state index < -0.39 is 17.2 Å². The van der Waals surface area contributed by atoms with Crippen molar-refractivity contribution in [1.29, 1.82) is 0 Å². The Morgan fingerprint density at radius 1 is 1.27 bits per heavy atom. The summed E-state index contributed by atoms with van der Waals surface area (Å²) in [5.41, 5.74) is -0.959. The maximum atomic E-state index is 12.5. The third-order valence-corrected chi connectivity index (χ3v) is 3.71. The van der Waals surface area contributed by atoms with Gasteiger partial charge in [-0.2, -0.15) is 0 Å². The number of hydrogen-bond acceptors (Lipinski definition) is 6. The molecule has 0 spiro atoms. The lowest BCUT2D eigenvalue weighted by molar-refractivity contribution is -0.119. The van der Waals surface area contributed by atoms with Crippen molar-refractivity contribution in [3.05, 3.63) is 18.3 Å². The molecular weight excluding hydrogens is 336 g/mol. The van der Waals surface area contributed by atoms with Crippen molar-refractivity contribution in [2.24, 2.45) is 0 Å². The zero-order valence-electron chi connectivity index (χ0n) is 16.1. The molecule has 0 aromatic carbocycles. The number of pyridine rings is 1.